The van der Waals surface area contributed by atoms with Gasteiger partial charge in [0.2, 0.25) is 10.0 Å². The van der Waals surface area contributed by atoms with Crippen LogP contribution in [0.3, 0.4) is 0 Å². The Morgan fingerprint density at radius 2 is 1.71 bits per heavy atom. The van der Waals surface area contributed by atoms with Gasteiger partial charge in [-0.15, -0.1) is 0 Å². The molecule has 3 nitrogen and oxygen atoms in total. The minimum Gasteiger partial charge on any atom is -0.212 e. The lowest BCUT2D eigenvalue weighted by atomic mass is 9.96. The van der Waals surface area contributed by atoms with E-state index in [9.17, 15) is 8.42 Å². The molecule has 1 saturated carbocycles. The molecule has 0 aromatic rings. The van der Waals surface area contributed by atoms with Crippen molar-refractivity contribution >= 4 is 26.0 Å². The zero-order valence-corrected chi connectivity index (χ0v) is 11.1. The third kappa shape index (κ3) is 3.51. The van der Waals surface area contributed by atoms with E-state index in [0.29, 0.717) is 4.83 Å². The zero-order valence-electron chi connectivity index (χ0n) is 8.66. The molecule has 1 rings (SSSR count). The molecule has 0 saturated heterocycles. The second-order valence-electron chi connectivity index (χ2n) is 4.16. The smallest absolute Gasteiger partial charge is 0.212 e. The Labute approximate surface area is 94.8 Å². The van der Waals surface area contributed by atoms with E-state index in [0.717, 1.165) is 25.7 Å². The van der Waals surface area contributed by atoms with Crippen LogP contribution in [0.4, 0.5) is 0 Å². The van der Waals surface area contributed by atoms with Crippen LogP contribution >= 0.6 is 15.9 Å². The van der Waals surface area contributed by atoms with Crippen LogP contribution in [-0.2, 0) is 10.0 Å². The lowest BCUT2D eigenvalue weighted by molar-refractivity contribution is 0.421. The average molecular weight is 284 g/mol. The first-order chi connectivity index (χ1) is 6.42. The normalized spacial score (nSPS) is 29.4. The van der Waals surface area contributed by atoms with Crippen molar-refractivity contribution in [3.05, 3.63) is 0 Å². The summed E-state index contributed by atoms with van der Waals surface area (Å²) in [5, 5.41) is -0.329. The molecule has 0 unspecified atom stereocenters. The molecule has 0 radical (unpaired) electrons. The Bertz CT molecular complexity index is 269. The molecule has 0 amide bonds. The van der Waals surface area contributed by atoms with Gasteiger partial charge in [0.05, 0.1) is 5.25 Å². The second-order valence-corrected chi connectivity index (χ2v) is 7.72. The fraction of sp³-hybridized carbons (Fsp3) is 1.00. The monoisotopic (exact) mass is 283 g/mol. The van der Waals surface area contributed by atoms with Crippen LogP contribution in [0, 0.1) is 0 Å². The van der Waals surface area contributed by atoms with Crippen molar-refractivity contribution in [2.75, 3.05) is 0 Å². The molecule has 0 heterocycles. The van der Waals surface area contributed by atoms with E-state index in [2.05, 4.69) is 20.7 Å². The molecular weight excluding hydrogens is 266 g/mol. The number of hydrogen-bond acceptors (Lipinski definition) is 2. The minimum absolute atomic E-state index is 0.149. The fourth-order valence-electron chi connectivity index (χ4n) is 1.54. The molecule has 1 aliphatic carbocycles. The topological polar surface area (TPSA) is 46.2 Å². The molecule has 1 N–H and O–H groups in total. The van der Waals surface area contributed by atoms with Crippen LogP contribution < -0.4 is 4.72 Å². The maximum atomic E-state index is 11.6. The van der Waals surface area contributed by atoms with Crippen LogP contribution in [-0.4, -0.2) is 24.5 Å². The van der Waals surface area contributed by atoms with Gasteiger partial charge in [-0.05, 0) is 39.5 Å². The molecule has 5 heteroatoms. The summed E-state index contributed by atoms with van der Waals surface area (Å²) in [5.41, 5.74) is 0. The summed E-state index contributed by atoms with van der Waals surface area (Å²) in [6, 6.07) is 0.149. The lowest BCUT2D eigenvalue weighted by Crippen LogP contribution is -2.41. The van der Waals surface area contributed by atoms with Gasteiger partial charge in [-0.3, -0.25) is 0 Å². The SMILES string of the molecule is CC(C)S(=O)(=O)NC1CCC(Br)CC1. The van der Waals surface area contributed by atoms with E-state index < -0.39 is 10.0 Å². The standard InChI is InChI=1S/C9H18BrNO2S/c1-7(2)14(12,13)11-9-5-3-8(10)4-6-9/h7-9,11H,3-6H2,1-2H3. The summed E-state index contributed by atoms with van der Waals surface area (Å²) in [4.78, 5) is 0.572. The molecule has 0 aromatic carbocycles. The maximum absolute atomic E-state index is 11.6. The van der Waals surface area contributed by atoms with E-state index in [1.807, 2.05) is 0 Å². The fourth-order valence-corrected chi connectivity index (χ4v) is 3.04. The first kappa shape index (κ1) is 12.5. The number of sulfonamides is 1. The molecule has 0 spiro atoms. The molecular formula is C9H18BrNO2S. The number of nitrogens with one attached hydrogen (secondary N) is 1. The highest BCUT2D eigenvalue weighted by Gasteiger charge is 2.25. The third-order valence-electron chi connectivity index (χ3n) is 2.61. The van der Waals surface area contributed by atoms with Crippen LogP contribution in [0.15, 0.2) is 0 Å². The van der Waals surface area contributed by atoms with E-state index in [1.54, 1.807) is 13.8 Å². The van der Waals surface area contributed by atoms with Gasteiger partial charge in [0.1, 0.15) is 0 Å². The van der Waals surface area contributed by atoms with Crippen molar-refractivity contribution in [1.82, 2.24) is 4.72 Å². The molecule has 1 aliphatic rings. The largest absolute Gasteiger partial charge is 0.214 e. The molecule has 0 bridgehead atoms. The van der Waals surface area contributed by atoms with Crippen molar-refractivity contribution in [3.63, 3.8) is 0 Å². The van der Waals surface area contributed by atoms with Gasteiger partial charge in [-0.1, -0.05) is 15.9 Å². The van der Waals surface area contributed by atoms with Gasteiger partial charge in [0.25, 0.3) is 0 Å². The molecule has 14 heavy (non-hydrogen) atoms. The Kier molecular flexibility index (Phi) is 4.40. The van der Waals surface area contributed by atoms with E-state index in [-0.39, 0.29) is 11.3 Å². The number of rotatable bonds is 3. The third-order valence-corrected chi connectivity index (χ3v) is 5.43. The summed E-state index contributed by atoms with van der Waals surface area (Å²) < 4.78 is 25.9. The number of halogens is 1. The van der Waals surface area contributed by atoms with Crippen molar-refractivity contribution in [1.29, 1.82) is 0 Å². The van der Waals surface area contributed by atoms with Gasteiger partial charge < -0.3 is 0 Å². The Morgan fingerprint density at radius 3 is 2.14 bits per heavy atom. The van der Waals surface area contributed by atoms with E-state index in [4.69, 9.17) is 0 Å². The summed E-state index contributed by atoms with van der Waals surface area (Å²) in [6.45, 7) is 3.41. The number of alkyl halides is 1. The summed E-state index contributed by atoms with van der Waals surface area (Å²) in [5.74, 6) is 0. The first-order valence-electron chi connectivity index (χ1n) is 5.07. The van der Waals surface area contributed by atoms with Crippen LogP contribution in [0.2, 0.25) is 0 Å². The number of hydrogen-bond donors (Lipinski definition) is 1. The highest BCUT2D eigenvalue weighted by molar-refractivity contribution is 9.09. The highest BCUT2D eigenvalue weighted by Crippen LogP contribution is 2.24. The molecule has 0 aliphatic heterocycles. The highest BCUT2D eigenvalue weighted by atomic mass is 79.9. The van der Waals surface area contributed by atoms with Crippen LogP contribution in [0.1, 0.15) is 39.5 Å². The zero-order chi connectivity index (χ0) is 10.8. The quantitative estimate of drug-likeness (QED) is 0.806. The van der Waals surface area contributed by atoms with E-state index >= 15 is 0 Å². The molecule has 0 aromatic heterocycles. The van der Waals surface area contributed by atoms with Crippen molar-refractivity contribution < 1.29 is 8.42 Å². The van der Waals surface area contributed by atoms with Crippen LogP contribution in [0.5, 0.6) is 0 Å². The first-order valence-corrected chi connectivity index (χ1v) is 7.53. The van der Waals surface area contributed by atoms with Gasteiger partial charge in [0, 0.05) is 10.9 Å². The lowest BCUT2D eigenvalue weighted by Gasteiger charge is -2.26. The van der Waals surface area contributed by atoms with Gasteiger partial charge in [-0.2, -0.15) is 0 Å². The predicted molar refractivity (Wildman–Crippen MR) is 62.2 cm³/mol. The summed E-state index contributed by atoms with van der Waals surface area (Å²) in [7, 11) is -3.08. The van der Waals surface area contributed by atoms with Crippen LogP contribution in [0.25, 0.3) is 0 Å². The second kappa shape index (κ2) is 4.94. The van der Waals surface area contributed by atoms with Gasteiger partial charge in [0.15, 0.2) is 0 Å². The summed E-state index contributed by atoms with van der Waals surface area (Å²) >= 11 is 3.55. The van der Waals surface area contributed by atoms with Crippen molar-refractivity contribution in [3.8, 4) is 0 Å². The van der Waals surface area contributed by atoms with Gasteiger partial charge in [-0.25, -0.2) is 13.1 Å². The molecule has 1 fully saturated rings. The Balaban J connectivity index is 2.46. The Morgan fingerprint density at radius 1 is 1.21 bits per heavy atom. The average Bonchev–Trinajstić information content (AvgIpc) is 2.08. The maximum Gasteiger partial charge on any atom is 0.214 e. The van der Waals surface area contributed by atoms with E-state index in [1.165, 1.54) is 0 Å². The van der Waals surface area contributed by atoms with Crippen molar-refractivity contribution in [2.45, 2.75) is 55.6 Å². The predicted octanol–water partition coefficient (Wildman–Crippen LogP) is 2.02. The molecule has 84 valence electrons. The minimum atomic E-state index is -3.08. The molecule has 0 atom stereocenters. The summed E-state index contributed by atoms with van der Waals surface area (Å²) in [6.07, 6.45) is 4.01. The van der Waals surface area contributed by atoms with Gasteiger partial charge >= 0.3 is 0 Å². The Hall–Kier alpha value is 0.390. The van der Waals surface area contributed by atoms with Crippen molar-refractivity contribution in [2.24, 2.45) is 0 Å².